The van der Waals surface area contributed by atoms with Gasteiger partial charge in [-0.25, -0.2) is 4.79 Å². The SMILES string of the molecule is CC(Oc1ccc([N+](=O)[O-])cc1C=O)C(=O)NC(N)=O. The quantitative estimate of drug-likeness (QED) is 0.453. The van der Waals surface area contributed by atoms with E-state index >= 15 is 0 Å². The van der Waals surface area contributed by atoms with Crippen molar-refractivity contribution in [2.24, 2.45) is 5.73 Å². The molecule has 0 aliphatic heterocycles. The summed E-state index contributed by atoms with van der Waals surface area (Å²) in [4.78, 5) is 42.7. The van der Waals surface area contributed by atoms with Crippen LogP contribution < -0.4 is 15.8 Å². The Morgan fingerprint density at radius 2 is 2.15 bits per heavy atom. The van der Waals surface area contributed by atoms with Crippen LogP contribution in [0, 0.1) is 10.1 Å². The van der Waals surface area contributed by atoms with Crippen LogP contribution in [-0.4, -0.2) is 29.3 Å². The number of hydrogen-bond donors (Lipinski definition) is 2. The summed E-state index contributed by atoms with van der Waals surface area (Å²) in [6, 6.07) is 2.29. The van der Waals surface area contributed by atoms with Gasteiger partial charge in [0.15, 0.2) is 12.4 Å². The molecule has 0 saturated carbocycles. The fraction of sp³-hybridized carbons (Fsp3) is 0.182. The minimum atomic E-state index is -1.11. The van der Waals surface area contributed by atoms with E-state index < -0.39 is 23.0 Å². The van der Waals surface area contributed by atoms with Crippen LogP contribution in [-0.2, 0) is 4.79 Å². The Labute approximate surface area is 112 Å². The summed E-state index contributed by atoms with van der Waals surface area (Å²) < 4.78 is 5.16. The van der Waals surface area contributed by atoms with Crippen LogP contribution in [0.5, 0.6) is 5.75 Å². The first-order valence-corrected chi connectivity index (χ1v) is 5.35. The average Bonchev–Trinajstić information content (AvgIpc) is 2.37. The number of nitro benzene ring substituents is 1. The summed E-state index contributed by atoms with van der Waals surface area (Å²) in [6.45, 7) is 1.33. The van der Waals surface area contributed by atoms with Gasteiger partial charge in [-0.05, 0) is 13.0 Å². The first-order chi connectivity index (χ1) is 9.35. The summed E-state index contributed by atoms with van der Waals surface area (Å²) >= 11 is 0. The van der Waals surface area contributed by atoms with E-state index in [2.05, 4.69) is 0 Å². The number of ether oxygens (including phenoxy) is 1. The van der Waals surface area contributed by atoms with Gasteiger partial charge in [-0.1, -0.05) is 0 Å². The number of urea groups is 1. The highest BCUT2D eigenvalue weighted by molar-refractivity contribution is 5.95. The Morgan fingerprint density at radius 1 is 1.50 bits per heavy atom. The number of hydrogen-bond acceptors (Lipinski definition) is 6. The molecule has 0 radical (unpaired) electrons. The molecule has 20 heavy (non-hydrogen) atoms. The summed E-state index contributed by atoms with van der Waals surface area (Å²) in [5, 5.41) is 12.4. The molecule has 9 nitrogen and oxygen atoms in total. The van der Waals surface area contributed by atoms with Gasteiger partial charge < -0.3 is 10.5 Å². The molecule has 0 bridgehead atoms. The lowest BCUT2D eigenvalue weighted by atomic mass is 10.2. The molecule has 0 saturated heterocycles. The summed E-state index contributed by atoms with van der Waals surface area (Å²) in [6.07, 6.45) is -0.747. The number of benzene rings is 1. The van der Waals surface area contributed by atoms with Crippen LogP contribution in [0.25, 0.3) is 0 Å². The number of carbonyl (C=O) groups excluding carboxylic acids is 3. The van der Waals surface area contributed by atoms with Gasteiger partial charge in [-0.3, -0.25) is 25.0 Å². The van der Waals surface area contributed by atoms with Gasteiger partial charge in [0.25, 0.3) is 11.6 Å². The van der Waals surface area contributed by atoms with Crippen LogP contribution in [0.3, 0.4) is 0 Å². The number of nitrogens with two attached hydrogens (primary N) is 1. The molecular formula is C11H11N3O6. The summed E-state index contributed by atoms with van der Waals surface area (Å²) in [7, 11) is 0. The van der Waals surface area contributed by atoms with E-state index in [-0.39, 0.29) is 17.0 Å². The molecule has 1 unspecified atom stereocenters. The predicted octanol–water partition coefficient (Wildman–Crippen LogP) is 0.370. The summed E-state index contributed by atoms with van der Waals surface area (Å²) in [5.41, 5.74) is 4.41. The highest BCUT2D eigenvalue weighted by atomic mass is 16.6. The number of nitrogens with zero attached hydrogens (tertiary/aromatic N) is 1. The number of amides is 3. The molecule has 0 aliphatic carbocycles. The van der Waals surface area contributed by atoms with Crippen LogP contribution in [0.1, 0.15) is 17.3 Å². The van der Waals surface area contributed by atoms with Crippen LogP contribution >= 0.6 is 0 Å². The highest BCUT2D eigenvalue weighted by Crippen LogP contribution is 2.23. The van der Waals surface area contributed by atoms with Gasteiger partial charge in [-0.15, -0.1) is 0 Å². The Bertz CT molecular complexity index is 571. The zero-order valence-electron chi connectivity index (χ0n) is 10.4. The third-order valence-corrected chi connectivity index (χ3v) is 2.25. The second-order valence-corrected chi connectivity index (χ2v) is 3.71. The van der Waals surface area contributed by atoms with Gasteiger partial charge >= 0.3 is 6.03 Å². The molecule has 106 valence electrons. The van der Waals surface area contributed by atoms with Gasteiger partial charge in [0, 0.05) is 12.1 Å². The number of carbonyl (C=O) groups is 3. The fourth-order valence-electron chi connectivity index (χ4n) is 1.32. The zero-order chi connectivity index (χ0) is 15.3. The number of primary amides is 1. The molecule has 0 heterocycles. The maximum absolute atomic E-state index is 11.4. The first kappa shape index (κ1) is 15.1. The smallest absolute Gasteiger partial charge is 0.318 e. The Balaban J connectivity index is 2.92. The molecule has 0 aliphatic rings. The molecule has 1 rings (SSSR count). The number of nitrogens with one attached hydrogen (secondary N) is 1. The Kier molecular flexibility index (Phi) is 4.73. The van der Waals surface area contributed by atoms with E-state index in [1.54, 1.807) is 0 Å². The molecule has 1 aromatic carbocycles. The fourth-order valence-corrected chi connectivity index (χ4v) is 1.32. The minimum absolute atomic E-state index is 0.0160. The van der Waals surface area contributed by atoms with E-state index in [0.717, 1.165) is 12.1 Å². The van der Waals surface area contributed by atoms with Crippen LogP contribution in [0.2, 0.25) is 0 Å². The number of non-ortho nitro benzene ring substituents is 1. The lowest BCUT2D eigenvalue weighted by Gasteiger charge is -2.14. The number of rotatable bonds is 5. The standard InChI is InChI=1S/C11H11N3O6/c1-6(10(16)13-11(12)17)20-9-3-2-8(14(18)19)4-7(9)5-15/h2-6H,1H3,(H3,12,13,16,17). The van der Waals surface area contributed by atoms with E-state index in [1.165, 1.54) is 13.0 Å². The summed E-state index contributed by atoms with van der Waals surface area (Å²) in [5.74, 6) is -0.814. The molecular weight excluding hydrogens is 270 g/mol. The molecule has 3 N–H and O–H groups in total. The second-order valence-electron chi connectivity index (χ2n) is 3.71. The van der Waals surface area contributed by atoms with Crippen molar-refractivity contribution in [1.82, 2.24) is 5.32 Å². The van der Waals surface area contributed by atoms with Gasteiger partial charge in [0.2, 0.25) is 0 Å². The van der Waals surface area contributed by atoms with E-state index in [0.29, 0.717) is 6.29 Å². The largest absolute Gasteiger partial charge is 0.480 e. The number of imide groups is 1. The van der Waals surface area contributed by atoms with E-state index in [1.807, 2.05) is 5.32 Å². The van der Waals surface area contributed by atoms with Crippen LogP contribution in [0.15, 0.2) is 18.2 Å². The third-order valence-electron chi connectivity index (χ3n) is 2.25. The topological polar surface area (TPSA) is 142 Å². The highest BCUT2D eigenvalue weighted by Gasteiger charge is 2.19. The molecule has 0 aromatic heterocycles. The molecule has 9 heteroatoms. The molecule has 1 atom stereocenters. The first-order valence-electron chi connectivity index (χ1n) is 5.35. The van der Waals surface area contributed by atoms with Gasteiger partial charge in [0.05, 0.1) is 10.5 Å². The average molecular weight is 281 g/mol. The maximum Gasteiger partial charge on any atom is 0.318 e. The van der Waals surface area contributed by atoms with Gasteiger partial charge in [-0.2, -0.15) is 0 Å². The molecule has 0 spiro atoms. The van der Waals surface area contributed by atoms with Gasteiger partial charge in [0.1, 0.15) is 5.75 Å². The van der Waals surface area contributed by atoms with Crippen molar-refractivity contribution in [1.29, 1.82) is 0 Å². The monoisotopic (exact) mass is 281 g/mol. The Morgan fingerprint density at radius 3 is 2.65 bits per heavy atom. The van der Waals surface area contributed by atoms with E-state index in [9.17, 15) is 24.5 Å². The Hall–Kier alpha value is -2.97. The maximum atomic E-state index is 11.4. The number of aldehydes is 1. The van der Waals surface area contributed by atoms with E-state index in [4.69, 9.17) is 10.5 Å². The molecule has 0 fully saturated rings. The van der Waals surface area contributed by atoms with Crippen molar-refractivity contribution in [3.8, 4) is 5.75 Å². The lowest BCUT2D eigenvalue weighted by Crippen LogP contribution is -2.42. The zero-order valence-corrected chi connectivity index (χ0v) is 10.4. The van der Waals surface area contributed by atoms with Crippen molar-refractivity contribution in [3.05, 3.63) is 33.9 Å². The molecule has 1 aromatic rings. The normalized spacial score (nSPS) is 11.2. The molecule has 3 amide bonds. The minimum Gasteiger partial charge on any atom is -0.480 e. The predicted molar refractivity (Wildman–Crippen MR) is 66.3 cm³/mol. The van der Waals surface area contributed by atoms with Crippen molar-refractivity contribution in [2.45, 2.75) is 13.0 Å². The van der Waals surface area contributed by atoms with Crippen molar-refractivity contribution >= 4 is 23.9 Å². The third kappa shape index (κ3) is 3.77. The number of nitro groups is 1. The lowest BCUT2D eigenvalue weighted by molar-refractivity contribution is -0.384. The van der Waals surface area contributed by atoms with Crippen molar-refractivity contribution < 1.29 is 24.0 Å². The van der Waals surface area contributed by atoms with Crippen molar-refractivity contribution in [3.63, 3.8) is 0 Å². The van der Waals surface area contributed by atoms with Crippen molar-refractivity contribution in [2.75, 3.05) is 0 Å². The van der Waals surface area contributed by atoms with Crippen LogP contribution in [0.4, 0.5) is 10.5 Å². The second kappa shape index (κ2) is 6.27.